The smallest absolute Gasteiger partial charge is 0.341 e. The van der Waals surface area contributed by atoms with Crippen molar-refractivity contribution in [3.8, 4) is 5.75 Å². The zero-order valence-electron chi connectivity index (χ0n) is 16.7. The summed E-state index contributed by atoms with van der Waals surface area (Å²) in [5, 5.41) is 0. The maximum absolute atomic E-state index is 13.9. The fraction of sp³-hybridized carbons (Fsp3) is 0.417. The summed E-state index contributed by atoms with van der Waals surface area (Å²) in [5.74, 6) is 0.602. The molecule has 0 bridgehead atoms. The summed E-state index contributed by atoms with van der Waals surface area (Å²) in [5.41, 5.74) is 2.17. The molecule has 2 aliphatic heterocycles. The van der Waals surface area contributed by atoms with E-state index in [0.29, 0.717) is 41.1 Å². The lowest BCUT2D eigenvalue weighted by Gasteiger charge is -2.16. The van der Waals surface area contributed by atoms with Crippen LogP contribution in [0.5, 0.6) is 5.75 Å². The number of halogens is 1. The molecular formula is C24H23FO5. The van der Waals surface area contributed by atoms with E-state index in [-0.39, 0.29) is 11.3 Å². The molecule has 5 rings (SSSR count). The molecule has 2 aromatic rings. The van der Waals surface area contributed by atoms with Gasteiger partial charge in [0, 0.05) is 17.5 Å². The first kappa shape index (κ1) is 19.2. The van der Waals surface area contributed by atoms with Crippen molar-refractivity contribution in [1.29, 1.82) is 0 Å². The lowest BCUT2D eigenvalue weighted by molar-refractivity contribution is 0.0593. The van der Waals surface area contributed by atoms with E-state index in [1.165, 1.54) is 13.2 Å². The molecule has 2 aromatic carbocycles. The van der Waals surface area contributed by atoms with Crippen molar-refractivity contribution in [2.75, 3.05) is 27.0 Å². The number of ketones is 1. The standard InChI is InChI=1S/C24H23FO5/c1-28-24(27)17-8-14(20(26)9-15-18-11-29-12-19(15)18)7-16-22(13-5-3-2-4-6-13)21(10-25)30-23(16)17/h2-8,15,18-19,21-22H,9-12H2,1H3/t15?,18-,19+,21-,22+/m1/s1. The molecule has 156 valence electrons. The number of hydrogen-bond acceptors (Lipinski definition) is 5. The first-order chi connectivity index (χ1) is 14.6. The number of Topliss-reactive ketones (excluding diaryl/α,β-unsaturated/α-hetero) is 1. The minimum atomic E-state index is -0.754. The van der Waals surface area contributed by atoms with E-state index in [1.54, 1.807) is 6.07 Å². The predicted octanol–water partition coefficient (Wildman–Crippen LogP) is 3.80. The summed E-state index contributed by atoms with van der Waals surface area (Å²) in [6, 6.07) is 12.8. The second-order valence-electron chi connectivity index (χ2n) is 8.29. The average Bonchev–Trinajstić information content (AvgIpc) is 3.14. The largest absolute Gasteiger partial charge is 0.485 e. The van der Waals surface area contributed by atoms with Crippen LogP contribution in [0.4, 0.5) is 4.39 Å². The molecule has 5 nitrogen and oxygen atoms in total. The highest BCUT2D eigenvalue weighted by Gasteiger charge is 2.54. The topological polar surface area (TPSA) is 61.8 Å². The van der Waals surface area contributed by atoms with Gasteiger partial charge in [0.1, 0.15) is 24.1 Å². The van der Waals surface area contributed by atoms with Gasteiger partial charge < -0.3 is 14.2 Å². The van der Waals surface area contributed by atoms with E-state index in [0.717, 1.165) is 18.8 Å². The van der Waals surface area contributed by atoms with Crippen LogP contribution in [0, 0.1) is 17.8 Å². The fourth-order valence-electron chi connectivity index (χ4n) is 5.02. The molecular weight excluding hydrogens is 387 g/mol. The van der Waals surface area contributed by atoms with Crippen LogP contribution in [0.2, 0.25) is 0 Å². The molecule has 1 saturated carbocycles. The Balaban J connectivity index is 1.54. The Labute approximate surface area is 174 Å². The van der Waals surface area contributed by atoms with Gasteiger partial charge in [-0.3, -0.25) is 4.79 Å². The lowest BCUT2D eigenvalue weighted by atomic mass is 9.86. The zero-order valence-corrected chi connectivity index (χ0v) is 16.7. The van der Waals surface area contributed by atoms with Crippen LogP contribution in [-0.4, -0.2) is 44.9 Å². The summed E-state index contributed by atoms with van der Waals surface area (Å²) in [7, 11) is 1.28. The maximum atomic E-state index is 13.9. The summed E-state index contributed by atoms with van der Waals surface area (Å²) in [6.45, 7) is 0.744. The van der Waals surface area contributed by atoms with Gasteiger partial charge >= 0.3 is 5.97 Å². The molecule has 5 atom stereocenters. The predicted molar refractivity (Wildman–Crippen MR) is 107 cm³/mol. The number of benzene rings is 2. The number of carbonyl (C=O) groups is 2. The van der Waals surface area contributed by atoms with E-state index in [1.807, 2.05) is 30.3 Å². The highest BCUT2D eigenvalue weighted by Crippen LogP contribution is 2.53. The van der Waals surface area contributed by atoms with Crippen molar-refractivity contribution >= 4 is 11.8 Å². The highest BCUT2D eigenvalue weighted by atomic mass is 19.1. The number of ether oxygens (including phenoxy) is 3. The first-order valence-corrected chi connectivity index (χ1v) is 10.3. The van der Waals surface area contributed by atoms with Gasteiger partial charge in [-0.2, -0.15) is 0 Å². The van der Waals surface area contributed by atoms with Gasteiger partial charge in [-0.15, -0.1) is 0 Å². The second-order valence-corrected chi connectivity index (χ2v) is 8.29. The van der Waals surface area contributed by atoms with Crippen molar-refractivity contribution in [1.82, 2.24) is 0 Å². The van der Waals surface area contributed by atoms with Crippen LogP contribution in [-0.2, 0) is 9.47 Å². The third-order valence-electron chi connectivity index (χ3n) is 6.68. The fourth-order valence-corrected chi connectivity index (χ4v) is 5.02. The normalized spacial score (nSPS) is 28.4. The molecule has 0 N–H and O–H groups in total. The lowest BCUT2D eigenvalue weighted by Crippen LogP contribution is -2.22. The third kappa shape index (κ3) is 3.10. The van der Waals surface area contributed by atoms with E-state index < -0.39 is 24.7 Å². The van der Waals surface area contributed by atoms with Crippen molar-refractivity contribution < 1.29 is 28.2 Å². The molecule has 6 heteroatoms. The molecule has 2 heterocycles. The number of fused-ring (bicyclic) bond motifs is 2. The van der Waals surface area contributed by atoms with Gasteiger partial charge in [0.2, 0.25) is 0 Å². The highest BCUT2D eigenvalue weighted by molar-refractivity contribution is 6.01. The average molecular weight is 410 g/mol. The zero-order chi connectivity index (χ0) is 20.8. The van der Waals surface area contributed by atoms with Gasteiger partial charge in [0.15, 0.2) is 5.78 Å². The number of alkyl halides is 1. The van der Waals surface area contributed by atoms with E-state index in [9.17, 15) is 14.0 Å². The molecule has 1 aliphatic carbocycles. The molecule has 1 saturated heterocycles. The van der Waals surface area contributed by atoms with E-state index in [4.69, 9.17) is 14.2 Å². The SMILES string of the molecule is COC(=O)c1cc(C(=O)CC2[C@H]3COC[C@@H]23)cc2c1O[C@H](CF)[C@H]2c1ccccc1. The summed E-state index contributed by atoms with van der Waals surface area (Å²) < 4.78 is 30.1. The molecule has 2 fully saturated rings. The molecule has 3 aliphatic rings. The molecule has 1 unspecified atom stereocenters. The minimum absolute atomic E-state index is 0.0159. The molecule has 0 aromatic heterocycles. The van der Waals surface area contributed by atoms with Crippen molar-refractivity contribution in [3.05, 3.63) is 64.7 Å². The Kier molecular flexibility index (Phi) is 4.82. The van der Waals surface area contributed by atoms with Crippen molar-refractivity contribution in [3.63, 3.8) is 0 Å². The Hall–Kier alpha value is -2.73. The molecule has 30 heavy (non-hydrogen) atoms. The monoisotopic (exact) mass is 410 g/mol. The minimum Gasteiger partial charge on any atom is -0.485 e. The first-order valence-electron chi connectivity index (χ1n) is 10.3. The number of hydrogen-bond donors (Lipinski definition) is 0. The Bertz CT molecular complexity index is 979. The van der Waals surface area contributed by atoms with Gasteiger partial charge in [-0.05, 0) is 35.4 Å². The van der Waals surface area contributed by atoms with Crippen molar-refractivity contribution in [2.24, 2.45) is 17.8 Å². The maximum Gasteiger partial charge on any atom is 0.341 e. The summed E-state index contributed by atoms with van der Waals surface area (Å²) in [6.07, 6.45) is -0.322. The molecule has 0 amide bonds. The van der Waals surface area contributed by atoms with Crippen molar-refractivity contribution in [2.45, 2.75) is 18.4 Å². The summed E-state index contributed by atoms with van der Waals surface area (Å²) >= 11 is 0. The van der Waals surface area contributed by atoms with Gasteiger partial charge in [-0.1, -0.05) is 30.3 Å². The van der Waals surface area contributed by atoms with Crippen LogP contribution in [0.3, 0.4) is 0 Å². The van der Waals surface area contributed by atoms with Crippen LogP contribution in [0.25, 0.3) is 0 Å². The van der Waals surface area contributed by atoms with Crippen LogP contribution in [0.1, 0.15) is 44.2 Å². The van der Waals surface area contributed by atoms with Crippen LogP contribution >= 0.6 is 0 Å². The Morgan fingerprint density at radius 2 is 1.87 bits per heavy atom. The summed E-state index contributed by atoms with van der Waals surface area (Å²) in [4.78, 5) is 25.5. The van der Waals surface area contributed by atoms with Crippen LogP contribution < -0.4 is 4.74 Å². The third-order valence-corrected chi connectivity index (χ3v) is 6.68. The quantitative estimate of drug-likeness (QED) is 0.536. The van der Waals surface area contributed by atoms with Gasteiger partial charge in [-0.25, -0.2) is 9.18 Å². The second kappa shape index (κ2) is 7.51. The van der Waals surface area contributed by atoms with Gasteiger partial charge in [0.25, 0.3) is 0 Å². The Morgan fingerprint density at radius 1 is 1.13 bits per heavy atom. The van der Waals surface area contributed by atoms with E-state index >= 15 is 0 Å². The van der Waals surface area contributed by atoms with Gasteiger partial charge in [0.05, 0.1) is 26.2 Å². The number of esters is 1. The number of rotatable bonds is 6. The molecule has 0 radical (unpaired) electrons. The molecule has 0 spiro atoms. The Morgan fingerprint density at radius 3 is 2.53 bits per heavy atom. The number of methoxy groups -OCH3 is 1. The van der Waals surface area contributed by atoms with E-state index in [2.05, 4.69) is 0 Å². The van der Waals surface area contributed by atoms with Crippen LogP contribution in [0.15, 0.2) is 42.5 Å². The number of carbonyl (C=O) groups excluding carboxylic acids is 2.